The van der Waals surface area contributed by atoms with Gasteiger partial charge in [0, 0.05) is 6.54 Å². The third-order valence-electron chi connectivity index (χ3n) is 1.72. The lowest BCUT2D eigenvalue weighted by Gasteiger charge is -2.01. The average Bonchev–Trinajstić information content (AvgIpc) is 2.12. The molecule has 0 fully saturated rings. The first-order chi connectivity index (χ1) is 7.06. The van der Waals surface area contributed by atoms with Crippen LogP contribution in [0.2, 0.25) is 0 Å². The van der Waals surface area contributed by atoms with Gasteiger partial charge in [-0.2, -0.15) is 0 Å². The third-order valence-corrected chi connectivity index (χ3v) is 1.72. The molecule has 0 unspecified atom stereocenters. The van der Waals surface area contributed by atoms with Gasteiger partial charge in [-0.05, 0) is 17.7 Å². The molecule has 0 aliphatic carbocycles. The van der Waals surface area contributed by atoms with Crippen LogP contribution >= 0.6 is 0 Å². The van der Waals surface area contributed by atoms with Gasteiger partial charge in [-0.1, -0.05) is 12.2 Å². The summed E-state index contributed by atoms with van der Waals surface area (Å²) in [4.78, 5) is 10.4. The summed E-state index contributed by atoms with van der Waals surface area (Å²) < 4.78 is 26.2. The molecule has 0 aromatic heterocycles. The Morgan fingerprint density at radius 2 is 1.93 bits per heavy atom. The normalized spacial score (nSPS) is 10.9. The summed E-state index contributed by atoms with van der Waals surface area (Å²) in [6.07, 6.45) is 2.92. The van der Waals surface area contributed by atoms with Crippen LogP contribution < -0.4 is 5.73 Å². The molecular weight excluding hydrogens is 204 g/mol. The van der Waals surface area contributed by atoms with E-state index in [1.54, 1.807) is 0 Å². The summed E-state index contributed by atoms with van der Waals surface area (Å²) in [6, 6.07) is 1.89. The molecule has 0 spiro atoms. The first kappa shape index (κ1) is 11.3. The predicted octanol–water partition coefficient (Wildman–Crippen LogP) is 1.63. The molecule has 3 nitrogen and oxygen atoms in total. The van der Waals surface area contributed by atoms with E-state index in [0.29, 0.717) is 0 Å². The van der Waals surface area contributed by atoms with Gasteiger partial charge in [0.05, 0.1) is 0 Å². The average molecular weight is 213 g/mol. The number of carboxylic acid groups (broad SMARTS) is 1. The van der Waals surface area contributed by atoms with Crippen LogP contribution in [0.25, 0.3) is 6.08 Å². The molecule has 1 aromatic carbocycles. The highest BCUT2D eigenvalue weighted by molar-refractivity contribution is 5.88. The number of hydrogen-bond donors (Lipinski definition) is 2. The number of rotatable bonds is 3. The second-order valence-corrected chi connectivity index (χ2v) is 2.80. The second kappa shape index (κ2) is 4.65. The van der Waals surface area contributed by atoms with Crippen molar-refractivity contribution in [2.75, 3.05) is 6.54 Å². The lowest BCUT2D eigenvalue weighted by molar-refractivity contribution is 0.0686. The van der Waals surface area contributed by atoms with Gasteiger partial charge in [0.1, 0.15) is 17.2 Å². The third kappa shape index (κ3) is 2.60. The zero-order valence-corrected chi connectivity index (χ0v) is 7.71. The SMILES string of the molecule is NCC=Cc1cc(F)c(C(=O)O)c(F)c1. The summed E-state index contributed by atoms with van der Waals surface area (Å²) in [5.41, 5.74) is 4.45. The maximum absolute atomic E-state index is 13.1. The smallest absolute Gasteiger partial charge is 0.341 e. The maximum atomic E-state index is 13.1. The van der Waals surface area contributed by atoms with Gasteiger partial charge in [-0.3, -0.25) is 0 Å². The van der Waals surface area contributed by atoms with Crippen LogP contribution in [0.3, 0.4) is 0 Å². The van der Waals surface area contributed by atoms with Crippen LogP contribution in [0.15, 0.2) is 18.2 Å². The van der Waals surface area contributed by atoms with E-state index < -0.39 is 23.2 Å². The molecule has 1 rings (SSSR count). The van der Waals surface area contributed by atoms with Crippen molar-refractivity contribution in [2.45, 2.75) is 0 Å². The van der Waals surface area contributed by atoms with Crippen molar-refractivity contribution in [3.05, 3.63) is 41.0 Å². The lowest BCUT2D eigenvalue weighted by atomic mass is 10.1. The van der Waals surface area contributed by atoms with Gasteiger partial charge in [-0.15, -0.1) is 0 Å². The highest BCUT2D eigenvalue weighted by atomic mass is 19.1. The quantitative estimate of drug-likeness (QED) is 0.802. The molecule has 0 bridgehead atoms. The fraction of sp³-hybridized carbons (Fsp3) is 0.100. The number of aromatic carboxylic acids is 1. The van der Waals surface area contributed by atoms with Crippen LogP contribution in [-0.2, 0) is 0 Å². The molecule has 0 saturated heterocycles. The van der Waals surface area contributed by atoms with Gasteiger partial charge >= 0.3 is 5.97 Å². The van der Waals surface area contributed by atoms with Crippen molar-refractivity contribution in [3.63, 3.8) is 0 Å². The highest BCUT2D eigenvalue weighted by Gasteiger charge is 2.16. The topological polar surface area (TPSA) is 63.3 Å². The zero-order valence-electron chi connectivity index (χ0n) is 7.71. The predicted molar refractivity (Wildman–Crippen MR) is 51.4 cm³/mol. The Kier molecular flexibility index (Phi) is 3.51. The van der Waals surface area contributed by atoms with E-state index in [9.17, 15) is 13.6 Å². The molecule has 1 aromatic rings. The lowest BCUT2D eigenvalue weighted by Crippen LogP contribution is -2.04. The molecule has 0 heterocycles. The first-order valence-corrected chi connectivity index (χ1v) is 4.15. The highest BCUT2D eigenvalue weighted by Crippen LogP contribution is 2.16. The fourth-order valence-corrected chi connectivity index (χ4v) is 1.10. The van der Waals surface area contributed by atoms with Gasteiger partial charge in [0.25, 0.3) is 0 Å². The van der Waals surface area contributed by atoms with Crippen molar-refractivity contribution in [1.29, 1.82) is 0 Å². The molecular formula is C10H9F2NO2. The van der Waals surface area contributed by atoms with E-state index in [0.717, 1.165) is 12.1 Å². The van der Waals surface area contributed by atoms with Crippen molar-refractivity contribution in [2.24, 2.45) is 5.73 Å². The Balaban J connectivity index is 3.19. The van der Waals surface area contributed by atoms with Crippen LogP contribution in [0.4, 0.5) is 8.78 Å². The van der Waals surface area contributed by atoms with Gasteiger partial charge in [0.15, 0.2) is 0 Å². The second-order valence-electron chi connectivity index (χ2n) is 2.80. The van der Waals surface area contributed by atoms with Gasteiger partial charge < -0.3 is 10.8 Å². The Morgan fingerprint density at radius 1 is 1.40 bits per heavy atom. The molecule has 80 valence electrons. The number of nitrogens with two attached hydrogens (primary N) is 1. The molecule has 0 amide bonds. The molecule has 0 radical (unpaired) electrons. The summed E-state index contributed by atoms with van der Waals surface area (Å²) >= 11 is 0. The summed E-state index contributed by atoms with van der Waals surface area (Å²) in [5, 5.41) is 8.50. The van der Waals surface area contributed by atoms with Crippen LogP contribution in [0.1, 0.15) is 15.9 Å². The maximum Gasteiger partial charge on any atom is 0.341 e. The van der Waals surface area contributed by atoms with E-state index in [4.69, 9.17) is 10.8 Å². The Hall–Kier alpha value is -1.75. The van der Waals surface area contributed by atoms with Crippen LogP contribution in [-0.4, -0.2) is 17.6 Å². The molecule has 0 aliphatic rings. The van der Waals surface area contributed by atoms with Crippen LogP contribution in [0, 0.1) is 11.6 Å². The van der Waals surface area contributed by atoms with Gasteiger partial charge in [-0.25, -0.2) is 13.6 Å². The minimum Gasteiger partial charge on any atom is -0.477 e. The van der Waals surface area contributed by atoms with E-state index in [-0.39, 0.29) is 12.1 Å². The summed E-state index contributed by atoms with van der Waals surface area (Å²) in [7, 11) is 0. The molecule has 0 atom stereocenters. The van der Waals surface area contributed by atoms with Crippen molar-refractivity contribution in [1.82, 2.24) is 0 Å². The zero-order chi connectivity index (χ0) is 11.4. The van der Waals surface area contributed by atoms with E-state index in [2.05, 4.69) is 0 Å². The number of halogens is 2. The molecule has 5 heteroatoms. The number of carbonyl (C=O) groups is 1. The number of carboxylic acids is 1. The standard InChI is InChI=1S/C10H9F2NO2/c11-7-4-6(2-1-3-13)5-8(12)9(7)10(14)15/h1-2,4-5H,3,13H2,(H,14,15). The van der Waals surface area contributed by atoms with Gasteiger partial charge in [0.2, 0.25) is 0 Å². The van der Waals surface area contributed by atoms with E-state index in [1.165, 1.54) is 12.2 Å². The minimum absolute atomic E-state index is 0.237. The van der Waals surface area contributed by atoms with Crippen LogP contribution in [0.5, 0.6) is 0 Å². The first-order valence-electron chi connectivity index (χ1n) is 4.15. The Labute approximate surface area is 84.8 Å². The van der Waals surface area contributed by atoms with E-state index >= 15 is 0 Å². The molecule has 15 heavy (non-hydrogen) atoms. The molecule has 0 aliphatic heterocycles. The Bertz CT molecular complexity index is 393. The minimum atomic E-state index is -1.63. The number of hydrogen-bond acceptors (Lipinski definition) is 2. The fourth-order valence-electron chi connectivity index (χ4n) is 1.10. The molecule has 0 saturated carbocycles. The molecule has 3 N–H and O–H groups in total. The summed E-state index contributed by atoms with van der Waals surface area (Å²) in [6.45, 7) is 0.240. The van der Waals surface area contributed by atoms with Crippen molar-refractivity contribution >= 4 is 12.0 Å². The van der Waals surface area contributed by atoms with Crippen molar-refractivity contribution < 1.29 is 18.7 Å². The largest absolute Gasteiger partial charge is 0.477 e. The monoisotopic (exact) mass is 213 g/mol. The Morgan fingerprint density at radius 3 is 2.33 bits per heavy atom. The van der Waals surface area contributed by atoms with Crippen molar-refractivity contribution in [3.8, 4) is 0 Å². The number of benzene rings is 1. The summed E-state index contributed by atoms with van der Waals surface area (Å²) in [5.74, 6) is -3.82. The van der Waals surface area contributed by atoms with E-state index in [1.807, 2.05) is 0 Å².